The molecule has 1 aromatic rings. The monoisotopic (exact) mass is 139 g/mol. The fraction of sp³-hybridized carbons (Fsp3) is 0.250. The van der Waals surface area contributed by atoms with E-state index in [-0.39, 0.29) is 1.43 Å². The van der Waals surface area contributed by atoms with E-state index >= 15 is 0 Å². The number of benzene rings is 1. The molecule has 0 aromatic heterocycles. The Hall–Kier alpha value is -1.18. The van der Waals surface area contributed by atoms with E-state index in [1.165, 1.54) is 0 Å². The van der Waals surface area contributed by atoms with Crippen LogP contribution in [0.25, 0.3) is 0 Å². The van der Waals surface area contributed by atoms with Crippen LogP contribution in [0.1, 0.15) is 8.35 Å². The molecule has 1 aromatic carbocycles. The summed E-state index contributed by atoms with van der Waals surface area (Å²) >= 11 is 0. The molecule has 2 N–H and O–H groups in total. The zero-order valence-corrected chi connectivity index (χ0v) is 6.00. The van der Waals surface area contributed by atoms with Crippen molar-refractivity contribution in [3.8, 4) is 5.75 Å². The summed E-state index contributed by atoms with van der Waals surface area (Å²) in [7, 11) is 0. The third-order valence-corrected chi connectivity index (χ3v) is 1.17. The Morgan fingerprint density at radius 3 is 3.00 bits per heavy atom. The molecular formula is C8H13NO. The molecule has 0 spiro atoms. The van der Waals surface area contributed by atoms with Crippen molar-refractivity contribution in [3.63, 3.8) is 0 Å². The summed E-state index contributed by atoms with van der Waals surface area (Å²) in [5.41, 5.74) is 6.25. The van der Waals surface area contributed by atoms with Gasteiger partial charge in [0.2, 0.25) is 0 Å². The van der Waals surface area contributed by atoms with Gasteiger partial charge >= 0.3 is 0 Å². The van der Waals surface area contributed by atoms with Crippen molar-refractivity contribution < 1.29 is 6.16 Å². The lowest BCUT2D eigenvalue weighted by Gasteiger charge is -2.01. The van der Waals surface area contributed by atoms with Crippen LogP contribution in [0.3, 0.4) is 0 Å². The summed E-state index contributed by atoms with van der Waals surface area (Å²) in [4.78, 5) is 0. The molecule has 0 heterocycles. The van der Waals surface area contributed by atoms with Crippen molar-refractivity contribution in [3.05, 3.63) is 24.3 Å². The summed E-state index contributed by atoms with van der Waals surface area (Å²) < 4.78 is 5.21. The third kappa shape index (κ3) is 1.65. The van der Waals surface area contributed by atoms with Crippen LogP contribution in [-0.2, 0) is 0 Å². The van der Waals surface area contributed by atoms with Crippen molar-refractivity contribution in [1.29, 1.82) is 0 Å². The topological polar surface area (TPSA) is 35.2 Å². The highest BCUT2D eigenvalue weighted by molar-refractivity contribution is 5.43. The Morgan fingerprint density at radius 2 is 2.40 bits per heavy atom. The predicted octanol–water partition coefficient (Wildman–Crippen LogP) is 1.91. The van der Waals surface area contributed by atoms with E-state index in [9.17, 15) is 0 Å². The van der Waals surface area contributed by atoms with Gasteiger partial charge in [0.05, 0.1) is 6.61 Å². The Balaban J connectivity index is 0.000001000. The number of ether oxygens (including phenoxy) is 1. The second-order valence-corrected chi connectivity index (χ2v) is 2.01. The smallest absolute Gasteiger partial charge is 0.121 e. The van der Waals surface area contributed by atoms with E-state index < -0.39 is 0 Å². The number of rotatable bonds is 2. The first-order chi connectivity index (χ1) is 4.83. The van der Waals surface area contributed by atoms with E-state index in [1.54, 1.807) is 0 Å². The van der Waals surface area contributed by atoms with Crippen molar-refractivity contribution in [2.75, 3.05) is 12.3 Å². The summed E-state index contributed by atoms with van der Waals surface area (Å²) in [6, 6.07) is 7.41. The van der Waals surface area contributed by atoms with E-state index in [1.807, 2.05) is 31.2 Å². The number of nitrogens with two attached hydrogens (primary N) is 1. The molecule has 0 saturated carbocycles. The average molecular weight is 139 g/mol. The third-order valence-electron chi connectivity index (χ3n) is 1.17. The minimum atomic E-state index is 0. The molecule has 0 bridgehead atoms. The van der Waals surface area contributed by atoms with Crippen LogP contribution in [0.4, 0.5) is 5.69 Å². The van der Waals surface area contributed by atoms with Crippen LogP contribution in [0.5, 0.6) is 5.75 Å². The summed E-state index contributed by atoms with van der Waals surface area (Å²) in [6.45, 7) is 2.63. The van der Waals surface area contributed by atoms with Crippen LogP contribution in [0, 0.1) is 0 Å². The molecule has 0 unspecified atom stereocenters. The minimum absolute atomic E-state index is 0. The molecule has 0 saturated heterocycles. The van der Waals surface area contributed by atoms with E-state index in [0.29, 0.717) is 6.61 Å². The molecule has 0 radical (unpaired) electrons. The van der Waals surface area contributed by atoms with E-state index in [4.69, 9.17) is 10.5 Å². The number of anilines is 1. The van der Waals surface area contributed by atoms with Crippen LogP contribution in [-0.4, -0.2) is 6.61 Å². The van der Waals surface area contributed by atoms with Gasteiger partial charge in [-0.05, 0) is 19.1 Å². The molecule has 0 fully saturated rings. The largest absolute Gasteiger partial charge is 0.494 e. The minimum Gasteiger partial charge on any atom is -0.494 e. The van der Waals surface area contributed by atoms with Gasteiger partial charge in [0.25, 0.3) is 0 Å². The zero-order valence-electron chi connectivity index (χ0n) is 6.00. The maximum absolute atomic E-state index is 5.51. The van der Waals surface area contributed by atoms with Crippen LogP contribution >= 0.6 is 0 Å². The average Bonchev–Trinajstić information content (AvgIpc) is 1.88. The zero-order chi connectivity index (χ0) is 7.40. The molecule has 2 heteroatoms. The predicted molar refractivity (Wildman–Crippen MR) is 44.1 cm³/mol. The number of hydrogen-bond acceptors (Lipinski definition) is 2. The molecule has 1 rings (SSSR count). The number of nitrogen functional groups attached to an aromatic ring is 1. The molecule has 0 amide bonds. The van der Waals surface area contributed by atoms with E-state index in [2.05, 4.69) is 0 Å². The summed E-state index contributed by atoms with van der Waals surface area (Å²) in [6.07, 6.45) is 0. The van der Waals surface area contributed by atoms with Gasteiger partial charge in [0.15, 0.2) is 0 Å². The van der Waals surface area contributed by atoms with Crippen molar-refractivity contribution in [1.82, 2.24) is 0 Å². The van der Waals surface area contributed by atoms with Gasteiger partial charge in [-0.15, -0.1) is 0 Å². The SMILES string of the molecule is CCOc1cccc(N)c1.[HH]. The highest BCUT2D eigenvalue weighted by Crippen LogP contribution is 2.13. The molecule has 2 nitrogen and oxygen atoms in total. The van der Waals surface area contributed by atoms with Gasteiger partial charge in [0.1, 0.15) is 5.75 Å². The normalized spacial score (nSPS) is 9.30. The van der Waals surface area contributed by atoms with Gasteiger partial charge in [-0.3, -0.25) is 0 Å². The van der Waals surface area contributed by atoms with Gasteiger partial charge in [-0.25, -0.2) is 0 Å². The molecule has 10 heavy (non-hydrogen) atoms. The Bertz CT molecular complexity index is 215. The lowest BCUT2D eigenvalue weighted by Crippen LogP contribution is -1.92. The first-order valence-corrected chi connectivity index (χ1v) is 3.31. The highest BCUT2D eigenvalue weighted by atomic mass is 16.5. The summed E-state index contributed by atoms with van der Waals surface area (Å²) in [5, 5.41) is 0. The van der Waals surface area contributed by atoms with Crippen LogP contribution in [0.15, 0.2) is 24.3 Å². The van der Waals surface area contributed by atoms with Crippen molar-refractivity contribution in [2.24, 2.45) is 0 Å². The van der Waals surface area contributed by atoms with Crippen molar-refractivity contribution >= 4 is 5.69 Å². The maximum Gasteiger partial charge on any atom is 0.121 e. The highest BCUT2D eigenvalue weighted by Gasteiger charge is 1.89. The molecule has 56 valence electrons. The molecule has 0 aliphatic rings. The van der Waals surface area contributed by atoms with Gasteiger partial charge in [0, 0.05) is 13.2 Å². The van der Waals surface area contributed by atoms with Crippen molar-refractivity contribution in [2.45, 2.75) is 6.92 Å². The molecule has 0 aliphatic heterocycles. The van der Waals surface area contributed by atoms with Crippen LogP contribution < -0.4 is 10.5 Å². The Labute approximate surface area is 62.1 Å². The molecule has 0 aliphatic carbocycles. The van der Waals surface area contributed by atoms with E-state index in [0.717, 1.165) is 11.4 Å². The first-order valence-electron chi connectivity index (χ1n) is 3.31. The number of hydrogen-bond donors (Lipinski definition) is 1. The lowest BCUT2D eigenvalue weighted by molar-refractivity contribution is 0.340. The van der Waals surface area contributed by atoms with Gasteiger partial charge in [-0.1, -0.05) is 6.07 Å². The maximum atomic E-state index is 5.51. The van der Waals surface area contributed by atoms with Gasteiger partial charge < -0.3 is 10.5 Å². The van der Waals surface area contributed by atoms with Crippen LogP contribution in [0.2, 0.25) is 0 Å². The molecule has 0 atom stereocenters. The fourth-order valence-electron chi connectivity index (χ4n) is 0.771. The molecular weight excluding hydrogens is 126 g/mol. The standard InChI is InChI=1S/C8H11NO.H2/c1-2-10-8-5-3-4-7(9)6-8;/h3-6H,2,9H2,1H3;1H. The quantitative estimate of drug-likeness (QED) is 0.635. The van der Waals surface area contributed by atoms with Gasteiger partial charge in [-0.2, -0.15) is 0 Å². The Morgan fingerprint density at radius 1 is 1.60 bits per heavy atom. The lowest BCUT2D eigenvalue weighted by atomic mass is 10.3. The Kier molecular flexibility index (Phi) is 2.15. The second kappa shape index (κ2) is 3.11. The second-order valence-electron chi connectivity index (χ2n) is 2.01. The fourth-order valence-corrected chi connectivity index (χ4v) is 0.771. The summed E-state index contributed by atoms with van der Waals surface area (Å²) in [5.74, 6) is 0.836. The first kappa shape index (κ1) is 6.93.